The highest BCUT2D eigenvalue weighted by atomic mass is 16.2. The molecule has 0 saturated carbocycles. The van der Waals surface area contributed by atoms with Crippen molar-refractivity contribution < 1.29 is 4.79 Å². The van der Waals surface area contributed by atoms with Crippen molar-refractivity contribution >= 4 is 23.5 Å². The lowest BCUT2D eigenvalue weighted by atomic mass is 10.1. The van der Waals surface area contributed by atoms with Crippen LogP contribution in [0.2, 0.25) is 0 Å². The second kappa shape index (κ2) is 8.92. The molecular weight excluding hydrogens is 310 g/mol. The monoisotopic (exact) mass is 337 g/mol. The van der Waals surface area contributed by atoms with Gasteiger partial charge in [0, 0.05) is 30.7 Å². The van der Waals surface area contributed by atoms with Gasteiger partial charge in [-0.15, -0.1) is 0 Å². The lowest BCUT2D eigenvalue weighted by Crippen LogP contribution is -2.25. The molecule has 0 radical (unpaired) electrons. The van der Waals surface area contributed by atoms with Crippen LogP contribution < -0.4 is 15.5 Å². The summed E-state index contributed by atoms with van der Waals surface area (Å²) in [5.41, 5.74) is 5.30. The van der Waals surface area contributed by atoms with Crippen LogP contribution in [0.25, 0.3) is 6.08 Å². The van der Waals surface area contributed by atoms with Gasteiger partial charge in [0.1, 0.15) is 0 Å². The van der Waals surface area contributed by atoms with E-state index in [0.717, 1.165) is 29.9 Å². The minimum atomic E-state index is -0.248. The van der Waals surface area contributed by atoms with Crippen LogP contribution in [0.1, 0.15) is 30.5 Å². The summed E-state index contributed by atoms with van der Waals surface area (Å²) in [5.74, 6) is 0. The van der Waals surface area contributed by atoms with Crippen molar-refractivity contribution in [1.82, 2.24) is 5.32 Å². The molecular formula is C21H27N3O. The summed E-state index contributed by atoms with van der Waals surface area (Å²) < 4.78 is 0. The van der Waals surface area contributed by atoms with Gasteiger partial charge < -0.3 is 15.5 Å². The van der Waals surface area contributed by atoms with Crippen molar-refractivity contribution in [3.05, 3.63) is 65.4 Å². The average Bonchev–Trinajstić information content (AvgIpc) is 2.60. The molecule has 4 heteroatoms. The smallest absolute Gasteiger partial charge is 0.323 e. The molecule has 0 atom stereocenters. The summed E-state index contributed by atoms with van der Waals surface area (Å²) in [6, 6.07) is 14.0. The van der Waals surface area contributed by atoms with Gasteiger partial charge in [-0.3, -0.25) is 0 Å². The van der Waals surface area contributed by atoms with Crippen LogP contribution in [0, 0.1) is 13.8 Å². The normalized spacial score (nSPS) is 10.7. The lowest BCUT2D eigenvalue weighted by Gasteiger charge is -2.22. The molecule has 4 nitrogen and oxygen atoms in total. The van der Waals surface area contributed by atoms with Gasteiger partial charge in [0.15, 0.2) is 0 Å². The third-order valence-corrected chi connectivity index (χ3v) is 4.15. The Morgan fingerprint density at radius 1 is 1.04 bits per heavy atom. The van der Waals surface area contributed by atoms with Crippen LogP contribution in [0.3, 0.4) is 0 Å². The number of benzene rings is 2. The summed E-state index contributed by atoms with van der Waals surface area (Å²) in [7, 11) is 0. The van der Waals surface area contributed by atoms with Crippen LogP contribution in [0.15, 0.2) is 48.7 Å². The molecule has 2 N–H and O–H groups in total. The first-order chi connectivity index (χ1) is 12.0. The van der Waals surface area contributed by atoms with Gasteiger partial charge in [-0.1, -0.05) is 29.8 Å². The van der Waals surface area contributed by atoms with Crippen molar-refractivity contribution in [3.8, 4) is 0 Å². The average molecular weight is 337 g/mol. The second-order valence-corrected chi connectivity index (χ2v) is 6.01. The SMILES string of the molecule is CCN(CC)c1ccc(NC(=O)N/C=C/c2ccc(C)cc2)c(C)c1. The largest absolute Gasteiger partial charge is 0.372 e. The molecule has 0 saturated heterocycles. The summed E-state index contributed by atoms with van der Waals surface area (Å²) in [4.78, 5) is 14.3. The third kappa shape index (κ3) is 5.38. The maximum Gasteiger partial charge on any atom is 0.323 e. The molecule has 0 bridgehead atoms. The molecule has 2 amide bonds. The highest BCUT2D eigenvalue weighted by molar-refractivity contribution is 5.91. The molecule has 0 heterocycles. The number of aryl methyl sites for hydroxylation is 2. The third-order valence-electron chi connectivity index (χ3n) is 4.15. The summed E-state index contributed by atoms with van der Waals surface area (Å²) in [6.07, 6.45) is 3.52. The van der Waals surface area contributed by atoms with Crippen molar-refractivity contribution in [2.45, 2.75) is 27.7 Å². The van der Waals surface area contributed by atoms with E-state index < -0.39 is 0 Å². The molecule has 0 aliphatic heterocycles. The topological polar surface area (TPSA) is 44.4 Å². The Morgan fingerprint density at radius 2 is 1.72 bits per heavy atom. The highest BCUT2D eigenvalue weighted by Crippen LogP contribution is 2.22. The maximum atomic E-state index is 12.1. The van der Waals surface area contributed by atoms with E-state index in [-0.39, 0.29) is 6.03 Å². The fourth-order valence-corrected chi connectivity index (χ4v) is 2.62. The number of carbonyl (C=O) groups excluding carboxylic acids is 1. The first-order valence-corrected chi connectivity index (χ1v) is 8.69. The van der Waals surface area contributed by atoms with E-state index in [1.54, 1.807) is 6.20 Å². The van der Waals surface area contributed by atoms with Crippen LogP contribution in [0.5, 0.6) is 0 Å². The van der Waals surface area contributed by atoms with Crippen LogP contribution in [-0.2, 0) is 0 Å². The Morgan fingerprint density at radius 3 is 2.32 bits per heavy atom. The molecule has 0 aromatic heterocycles. The first-order valence-electron chi connectivity index (χ1n) is 8.69. The zero-order valence-electron chi connectivity index (χ0n) is 15.5. The number of nitrogens with one attached hydrogen (secondary N) is 2. The van der Waals surface area contributed by atoms with Crippen molar-refractivity contribution in [2.24, 2.45) is 0 Å². The number of hydrogen-bond donors (Lipinski definition) is 2. The molecule has 2 aromatic rings. The number of nitrogens with zero attached hydrogens (tertiary/aromatic N) is 1. The van der Waals surface area contributed by atoms with E-state index in [1.165, 1.54) is 11.3 Å². The van der Waals surface area contributed by atoms with Crippen LogP contribution in [0.4, 0.5) is 16.2 Å². The molecule has 25 heavy (non-hydrogen) atoms. The van der Waals surface area contributed by atoms with Gasteiger partial charge in [-0.05, 0) is 63.1 Å². The Bertz CT molecular complexity index is 731. The number of rotatable bonds is 6. The lowest BCUT2D eigenvalue weighted by molar-refractivity contribution is 0.255. The number of urea groups is 1. The Kier molecular flexibility index (Phi) is 6.63. The molecule has 0 aliphatic rings. The number of hydrogen-bond acceptors (Lipinski definition) is 2. The van der Waals surface area contributed by atoms with Gasteiger partial charge >= 0.3 is 6.03 Å². The summed E-state index contributed by atoms with van der Waals surface area (Å²) in [5, 5.41) is 5.63. The Balaban J connectivity index is 1.95. The zero-order valence-corrected chi connectivity index (χ0v) is 15.5. The molecule has 0 unspecified atom stereocenters. The summed E-state index contributed by atoms with van der Waals surface area (Å²) in [6.45, 7) is 10.3. The summed E-state index contributed by atoms with van der Waals surface area (Å²) >= 11 is 0. The van der Waals surface area contributed by atoms with Gasteiger partial charge in [0.2, 0.25) is 0 Å². The van der Waals surface area contributed by atoms with E-state index >= 15 is 0 Å². The van der Waals surface area contributed by atoms with E-state index in [1.807, 2.05) is 56.3 Å². The molecule has 0 spiro atoms. The van der Waals surface area contributed by atoms with Crippen molar-refractivity contribution in [1.29, 1.82) is 0 Å². The second-order valence-electron chi connectivity index (χ2n) is 6.01. The minimum absolute atomic E-state index is 0.248. The highest BCUT2D eigenvalue weighted by Gasteiger charge is 2.07. The maximum absolute atomic E-state index is 12.1. The van der Waals surface area contributed by atoms with Gasteiger partial charge in [0.25, 0.3) is 0 Å². The van der Waals surface area contributed by atoms with E-state index in [9.17, 15) is 4.79 Å². The number of amides is 2. The van der Waals surface area contributed by atoms with Gasteiger partial charge in [-0.2, -0.15) is 0 Å². The van der Waals surface area contributed by atoms with Crippen LogP contribution in [-0.4, -0.2) is 19.1 Å². The van der Waals surface area contributed by atoms with Crippen molar-refractivity contribution in [3.63, 3.8) is 0 Å². The van der Waals surface area contributed by atoms with Gasteiger partial charge in [0.05, 0.1) is 0 Å². The standard InChI is InChI=1S/C21H27N3O/c1-5-24(6-2)19-11-12-20(17(4)15-19)23-21(25)22-14-13-18-9-7-16(3)8-10-18/h7-15H,5-6H2,1-4H3,(H2,22,23,25)/b14-13+. The predicted octanol–water partition coefficient (Wildman–Crippen LogP) is 4.94. The quantitative estimate of drug-likeness (QED) is 0.784. The van der Waals surface area contributed by atoms with Gasteiger partial charge in [-0.25, -0.2) is 4.79 Å². The molecule has 2 aromatic carbocycles. The molecule has 0 fully saturated rings. The zero-order chi connectivity index (χ0) is 18.2. The molecule has 0 aliphatic carbocycles. The predicted molar refractivity (Wildman–Crippen MR) is 107 cm³/mol. The number of anilines is 2. The molecule has 2 rings (SSSR count). The molecule has 132 valence electrons. The van der Waals surface area contributed by atoms with E-state index in [4.69, 9.17) is 0 Å². The fourth-order valence-electron chi connectivity index (χ4n) is 2.62. The fraction of sp³-hybridized carbons (Fsp3) is 0.286. The number of carbonyl (C=O) groups is 1. The van der Waals surface area contributed by atoms with E-state index in [0.29, 0.717) is 0 Å². The van der Waals surface area contributed by atoms with Crippen LogP contribution >= 0.6 is 0 Å². The van der Waals surface area contributed by atoms with Crippen molar-refractivity contribution in [2.75, 3.05) is 23.3 Å². The van der Waals surface area contributed by atoms with E-state index in [2.05, 4.69) is 35.4 Å². The first kappa shape index (κ1) is 18.6. The Labute approximate surface area is 150 Å². The minimum Gasteiger partial charge on any atom is -0.372 e. The Hall–Kier alpha value is -2.75.